The number of aliphatic hydroxyl groups is 2. The molecule has 2 N–H and O–H groups in total. The zero-order chi connectivity index (χ0) is 7.56. The average molecular weight is 256 g/mol. The van der Waals surface area contributed by atoms with Crippen LogP contribution < -0.4 is 0 Å². The zero-order valence-electron chi connectivity index (χ0n) is 5.83. The number of halogens is 1. The van der Waals surface area contributed by atoms with Gasteiger partial charge in [0.1, 0.15) is 0 Å². The van der Waals surface area contributed by atoms with Crippen LogP contribution in [0.4, 0.5) is 0 Å². The SMILES string of the molecule is OC(O)C1CCCC(I)C1. The Balaban J connectivity index is 2.32. The second kappa shape index (κ2) is 3.88. The van der Waals surface area contributed by atoms with Crippen LogP contribution in [-0.4, -0.2) is 20.4 Å². The fourth-order valence-electron chi connectivity index (χ4n) is 1.44. The van der Waals surface area contributed by atoms with Crippen LogP contribution in [0.3, 0.4) is 0 Å². The van der Waals surface area contributed by atoms with Crippen LogP contribution in [0.1, 0.15) is 25.7 Å². The second-order valence-corrected chi connectivity index (χ2v) is 4.70. The van der Waals surface area contributed by atoms with E-state index in [1.807, 2.05) is 0 Å². The van der Waals surface area contributed by atoms with E-state index >= 15 is 0 Å². The Hall–Kier alpha value is 0.650. The summed E-state index contributed by atoms with van der Waals surface area (Å²) in [5, 5.41) is 17.7. The summed E-state index contributed by atoms with van der Waals surface area (Å²) in [7, 11) is 0. The molecule has 60 valence electrons. The van der Waals surface area contributed by atoms with Gasteiger partial charge in [0.05, 0.1) is 0 Å². The Morgan fingerprint density at radius 3 is 2.40 bits per heavy atom. The first kappa shape index (κ1) is 8.74. The maximum absolute atomic E-state index is 8.85. The van der Waals surface area contributed by atoms with E-state index in [0.717, 1.165) is 19.3 Å². The van der Waals surface area contributed by atoms with Crippen molar-refractivity contribution < 1.29 is 10.2 Å². The van der Waals surface area contributed by atoms with Gasteiger partial charge in [-0.3, -0.25) is 0 Å². The lowest BCUT2D eigenvalue weighted by Gasteiger charge is -2.26. The van der Waals surface area contributed by atoms with Crippen LogP contribution >= 0.6 is 22.6 Å². The molecule has 0 amide bonds. The predicted octanol–water partition coefficient (Wildman–Crippen LogP) is 1.29. The largest absolute Gasteiger partial charge is 0.368 e. The van der Waals surface area contributed by atoms with E-state index in [2.05, 4.69) is 22.6 Å². The van der Waals surface area contributed by atoms with Crippen molar-refractivity contribution in [2.24, 2.45) is 5.92 Å². The van der Waals surface area contributed by atoms with Gasteiger partial charge in [-0.15, -0.1) is 0 Å². The van der Waals surface area contributed by atoms with E-state index in [1.165, 1.54) is 6.42 Å². The summed E-state index contributed by atoms with van der Waals surface area (Å²) in [6.07, 6.45) is 3.26. The Morgan fingerprint density at radius 1 is 1.30 bits per heavy atom. The molecule has 0 saturated heterocycles. The van der Waals surface area contributed by atoms with Gasteiger partial charge in [-0.2, -0.15) is 0 Å². The fourth-order valence-corrected chi connectivity index (χ4v) is 2.53. The highest BCUT2D eigenvalue weighted by Crippen LogP contribution is 2.30. The van der Waals surface area contributed by atoms with Crippen LogP contribution in [0.2, 0.25) is 0 Å². The number of hydrogen-bond acceptors (Lipinski definition) is 2. The first-order valence-corrected chi connectivity index (χ1v) is 4.95. The zero-order valence-corrected chi connectivity index (χ0v) is 7.99. The third-order valence-corrected chi connectivity index (χ3v) is 3.20. The molecule has 3 heteroatoms. The monoisotopic (exact) mass is 256 g/mol. The molecule has 2 nitrogen and oxygen atoms in total. The Labute approximate surface area is 74.8 Å². The molecule has 0 radical (unpaired) electrons. The molecule has 0 aliphatic heterocycles. The Morgan fingerprint density at radius 2 is 2.00 bits per heavy atom. The minimum Gasteiger partial charge on any atom is -0.368 e. The van der Waals surface area contributed by atoms with Crippen molar-refractivity contribution in [1.29, 1.82) is 0 Å². The van der Waals surface area contributed by atoms with Crippen LogP contribution in [0.15, 0.2) is 0 Å². The molecule has 1 fully saturated rings. The number of hydrogen-bond donors (Lipinski definition) is 2. The first-order valence-electron chi connectivity index (χ1n) is 3.70. The summed E-state index contributed by atoms with van der Waals surface area (Å²) in [5.74, 6) is 0.135. The van der Waals surface area contributed by atoms with Gasteiger partial charge in [0.25, 0.3) is 0 Å². The Bertz CT molecular complexity index is 106. The highest BCUT2D eigenvalue weighted by atomic mass is 127. The molecule has 1 aliphatic rings. The molecule has 0 aromatic carbocycles. The summed E-state index contributed by atoms with van der Waals surface area (Å²) in [4.78, 5) is 0. The number of aliphatic hydroxyl groups excluding tert-OH is 1. The minimum atomic E-state index is -1.09. The number of alkyl halides is 1. The van der Waals surface area contributed by atoms with E-state index in [1.54, 1.807) is 0 Å². The Kier molecular flexibility index (Phi) is 3.39. The fraction of sp³-hybridized carbons (Fsp3) is 1.00. The van der Waals surface area contributed by atoms with Crippen molar-refractivity contribution >= 4 is 22.6 Å². The van der Waals surface area contributed by atoms with Gasteiger partial charge in [-0.25, -0.2) is 0 Å². The number of rotatable bonds is 1. The molecule has 1 saturated carbocycles. The van der Waals surface area contributed by atoms with Crippen molar-refractivity contribution in [2.45, 2.75) is 35.9 Å². The summed E-state index contributed by atoms with van der Waals surface area (Å²) in [6.45, 7) is 0. The third kappa shape index (κ3) is 2.36. The highest BCUT2D eigenvalue weighted by Gasteiger charge is 2.24. The first-order chi connectivity index (χ1) is 4.70. The molecule has 10 heavy (non-hydrogen) atoms. The van der Waals surface area contributed by atoms with Gasteiger partial charge in [0.15, 0.2) is 6.29 Å². The van der Waals surface area contributed by atoms with E-state index in [4.69, 9.17) is 10.2 Å². The maximum Gasteiger partial charge on any atom is 0.154 e. The second-order valence-electron chi connectivity index (χ2n) is 2.94. The topological polar surface area (TPSA) is 40.5 Å². The van der Waals surface area contributed by atoms with Gasteiger partial charge in [0, 0.05) is 9.84 Å². The maximum atomic E-state index is 8.85. The van der Waals surface area contributed by atoms with Gasteiger partial charge in [0.2, 0.25) is 0 Å². The van der Waals surface area contributed by atoms with Crippen molar-refractivity contribution in [1.82, 2.24) is 0 Å². The normalized spacial score (nSPS) is 34.8. The van der Waals surface area contributed by atoms with E-state index in [9.17, 15) is 0 Å². The molecule has 0 aromatic heterocycles. The molecule has 1 aliphatic carbocycles. The van der Waals surface area contributed by atoms with Crippen molar-refractivity contribution in [3.63, 3.8) is 0 Å². The minimum absolute atomic E-state index is 0.135. The lowest BCUT2D eigenvalue weighted by Crippen LogP contribution is -2.26. The van der Waals surface area contributed by atoms with Crippen LogP contribution in [0, 0.1) is 5.92 Å². The smallest absolute Gasteiger partial charge is 0.154 e. The lowest BCUT2D eigenvalue weighted by molar-refractivity contribution is -0.0915. The molecule has 1 rings (SSSR count). The molecular formula is C7H13IO2. The molecule has 2 unspecified atom stereocenters. The van der Waals surface area contributed by atoms with E-state index in [0.29, 0.717) is 3.92 Å². The van der Waals surface area contributed by atoms with Gasteiger partial charge < -0.3 is 10.2 Å². The van der Waals surface area contributed by atoms with Gasteiger partial charge in [-0.05, 0) is 19.3 Å². The lowest BCUT2D eigenvalue weighted by atomic mass is 9.89. The highest BCUT2D eigenvalue weighted by molar-refractivity contribution is 14.1. The average Bonchev–Trinajstić information content (AvgIpc) is 1.88. The van der Waals surface area contributed by atoms with Gasteiger partial charge in [-0.1, -0.05) is 29.0 Å². The predicted molar refractivity (Wildman–Crippen MR) is 48.0 cm³/mol. The molecule has 0 aromatic rings. The van der Waals surface area contributed by atoms with Crippen molar-refractivity contribution in [3.8, 4) is 0 Å². The van der Waals surface area contributed by atoms with Crippen LogP contribution in [0.25, 0.3) is 0 Å². The molecule has 0 spiro atoms. The van der Waals surface area contributed by atoms with Crippen LogP contribution in [0.5, 0.6) is 0 Å². The summed E-state index contributed by atoms with van der Waals surface area (Å²) in [6, 6.07) is 0. The quantitative estimate of drug-likeness (QED) is 0.421. The van der Waals surface area contributed by atoms with E-state index < -0.39 is 6.29 Å². The third-order valence-electron chi connectivity index (χ3n) is 2.07. The van der Waals surface area contributed by atoms with Gasteiger partial charge >= 0.3 is 0 Å². The molecular weight excluding hydrogens is 243 g/mol. The molecule has 2 atom stereocenters. The summed E-state index contributed by atoms with van der Waals surface area (Å²) < 4.78 is 0.651. The van der Waals surface area contributed by atoms with Crippen LogP contribution in [-0.2, 0) is 0 Å². The summed E-state index contributed by atoms with van der Waals surface area (Å²) >= 11 is 2.38. The molecule has 0 heterocycles. The molecule has 0 bridgehead atoms. The van der Waals surface area contributed by atoms with Crippen molar-refractivity contribution in [3.05, 3.63) is 0 Å². The standard InChI is InChI=1S/C7H13IO2/c8-6-3-1-2-5(4-6)7(9)10/h5-7,9-10H,1-4H2. The summed E-state index contributed by atoms with van der Waals surface area (Å²) in [5.41, 5.74) is 0. The van der Waals surface area contributed by atoms with E-state index in [-0.39, 0.29) is 5.92 Å². The van der Waals surface area contributed by atoms with Crippen molar-refractivity contribution in [2.75, 3.05) is 0 Å².